The van der Waals surface area contributed by atoms with Crippen molar-refractivity contribution in [2.75, 3.05) is 25.4 Å². The van der Waals surface area contributed by atoms with E-state index in [0.717, 1.165) is 23.5 Å². The quantitative estimate of drug-likeness (QED) is 0.360. The van der Waals surface area contributed by atoms with Gasteiger partial charge < -0.3 is 9.64 Å². The van der Waals surface area contributed by atoms with Gasteiger partial charge >= 0.3 is 6.36 Å². The Labute approximate surface area is 210 Å². The maximum absolute atomic E-state index is 13.7. The summed E-state index contributed by atoms with van der Waals surface area (Å²) < 4.78 is 70.4. The summed E-state index contributed by atoms with van der Waals surface area (Å²) >= 11 is 1.52. The lowest BCUT2D eigenvalue weighted by Gasteiger charge is -2.31. The minimum absolute atomic E-state index is 0.0248. The van der Waals surface area contributed by atoms with Crippen LogP contribution >= 0.6 is 11.8 Å². The molecule has 0 N–H and O–H groups in total. The van der Waals surface area contributed by atoms with Gasteiger partial charge in [0.25, 0.3) is 0 Å². The highest BCUT2D eigenvalue weighted by atomic mass is 32.2. The molecule has 1 heterocycles. The highest BCUT2D eigenvalue weighted by Gasteiger charge is 2.40. The third kappa shape index (κ3) is 7.62. The average molecular weight is 531 g/mol. The monoisotopic (exact) mass is 530 g/mol. The second-order valence-electron chi connectivity index (χ2n) is 9.17. The molecule has 0 fully saturated rings. The van der Waals surface area contributed by atoms with Crippen molar-refractivity contribution in [3.05, 3.63) is 59.7 Å². The number of nitrogens with zero attached hydrogens (tertiary/aromatic N) is 2. The molecule has 2 unspecified atom stereocenters. The number of fused-ring (bicyclic) bond motifs is 1. The van der Waals surface area contributed by atoms with Crippen molar-refractivity contribution in [1.82, 2.24) is 9.21 Å². The van der Waals surface area contributed by atoms with E-state index in [4.69, 9.17) is 0 Å². The molecule has 0 saturated carbocycles. The minimum atomic E-state index is -4.78. The Hall–Kier alpha value is -1.75. The molecule has 0 spiro atoms. The lowest BCUT2D eigenvalue weighted by atomic mass is 10.0. The van der Waals surface area contributed by atoms with Gasteiger partial charge in [0.15, 0.2) is 0 Å². The van der Waals surface area contributed by atoms with Gasteiger partial charge in [0.05, 0.1) is 11.1 Å². The highest BCUT2D eigenvalue weighted by Crippen LogP contribution is 2.47. The zero-order valence-corrected chi connectivity index (χ0v) is 22.1. The van der Waals surface area contributed by atoms with E-state index in [1.807, 2.05) is 38.1 Å². The molecule has 0 amide bonds. The fraction of sp³-hybridized carbons (Fsp3) is 0.520. The number of ether oxygens (including phenoxy) is 1. The van der Waals surface area contributed by atoms with E-state index in [1.165, 1.54) is 40.3 Å². The topological polar surface area (TPSA) is 49.9 Å². The van der Waals surface area contributed by atoms with Crippen molar-refractivity contribution in [3.8, 4) is 5.75 Å². The maximum Gasteiger partial charge on any atom is 0.573 e. The predicted octanol–water partition coefficient (Wildman–Crippen LogP) is 5.93. The second-order valence-corrected chi connectivity index (χ2v) is 12.4. The molecule has 3 rings (SSSR count). The summed E-state index contributed by atoms with van der Waals surface area (Å²) in [7, 11) is -3.67. The molecule has 2 atom stereocenters. The smallest absolute Gasteiger partial charge is 0.406 e. The Bertz CT molecular complexity index is 1080. The summed E-state index contributed by atoms with van der Waals surface area (Å²) in [6.45, 7) is 10.3. The molecule has 0 radical (unpaired) electrons. The van der Waals surface area contributed by atoms with E-state index in [1.54, 1.807) is 0 Å². The lowest BCUT2D eigenvalue weighted by Crippen LogP contribution is -2.43. The van der Waals surface area contributed by atoms with Crippen molar-refractivity contribution < 1.29 is 26.3 Å². The number of sulfonamides is 1. The van der Waals surface area contributed by atoms with Gasteiger partial charge in [-0.15, -0.1) is 24.9 Å². The maximum atomic E-state index is 13.7. The van der Waals surface area contributed by atoms with Crippen molar-refractivity contribution in [2.24, 2.45) is 5.92 Å². The first-order chi connectivity index (χ1) is 16.4. The SMILES string of the molecule is CCN(CCS(=O)(=O)N(Cc1ccc(OC(F)(F)F)cc1)C1Sc2ccccc2C1C)CC(C)C. The van der Waals surface area contributed by atoms with Crippen LogP contribution in [0.2, 0.25) is 0 Å². The van der Waals surface area contributed by atoms with Gasteiger partial charge in [0, 0.05) is 30.4 Å². The molecular weight excluding hydrogens is 497 g/mol. The van der Waals surface area contributed by atoms with Gasteiger partial charge in [-0.2, -0.15) is 4.31 Å². The van der Waals surface area contributed by atoms with Crippen LogP contribution in [0.1, 0.15) is 44.7 Å². The third-order valence-corrected chi connectivity index (χ3v) is 9.39. The molecule has 10 heteroatoms. The average Bonchev–Trinajstić information content (AvgIpc) is 3.11. The van der Waals surface area contributed by atoms with Crippen LogP contribution in [0.15, 0.2) is 53.4 Å². The zero-order valence-electron chi connectivity index (χ0n) is 20.5. The Morgan fingerprint density at radius 3 is 2.31 bits per heavy atom. The van der Waals surface area contributed by atoms with Crippen LogP contribution in [-0.2, 0) is 16.6 Å². The van der Waals surface area contributed by atoms with Crippen LogP contribution in [0, 0.1) is 5.92 Å². The molecule has 5 nitrogen and oxygen atoms in total. The van der Waals surface area contributed by atoms with E-state index in [0.29, 0.717) is 18.0 Å². The van der Waals surface area contributed by atoms with Gasteiger partial charge in [0.1, 0.15) is 5.75 Å². The zero-order chi connectivity index (χ0) is 25.8. The normalized spacial score (nSPS) is 18.5. The minimum Gasteiger partial charge on any atom is -0.406 e. The summed E-state index contributed by atoms with van der Waals surface area (Å²) in [5.74, 6) is 0.0324. The van der Waals surface area contributed by atoms with Gasteiger partial charge in [-0.1, -0.05) is 58.0 Å². The number of halogens is 3. The summed E-state index contributed by atoms with van der Waals surface area (Å²) in [6.07, 6.45) is -4.78. The van der Waals surface area contributed by atoms with E-state index in [9.17, 15) is 21.6 Å². The highest BCUT2D eigenvalue weighted by molar-refractivity contribution is 8.01. The first-order valence-electron chi connectivity index (χ1n) is 11.7. The number of benzene rings is 2. The molecule has 0 aromatic heterocycles. The Kier molecular flexibility index (Phi) is 9.17. The summed E-state index contributed by atoms with van der Waals surface area (Å²) in [4.78, 5) is 3.18. The molecule has 35 heavy (non-hydrogen) atoms. The number of rotatable bonds is 11. The van der Waals surface area contributed by atoms with Crippen LogP contribution in [0.5, 0.6) is 5.75 Å². The number of alkyl halides is 3. The predicted molar refractivity (Wildman–Crippen MR) is 134 cm³/mol. The van der Waals surface area contributed by atoms with Gasteiger partial charge in [0.2, 0.25) is 10.0 Å². The fourth-order valence-corrected chi connectivity index (χ4v) is 7.68. The lowest BCUT2D eigenvalue weighted by molar-refractivity contribution is -0.274. The first kappa shape index (κ1) is 27.8. The number of hydrogen-bond donors (Lipinski definition) is 0. The van der Waals surface area contributed by atoms with Crippen molar-refractivity contribution in [2.45, 2.75) is 56.8 Å². The summed E-state index contributed by atoms with van der Waals surface area (Å²) in [5.41, 5.74) is 1.70. The standard InChI is InChI=1S/C25H33F3N2O3S2/c1-5-29(16-18(2)3)14-15-35(31,32)30(24-19(4)22-8-6-7-9-23(22)34-24)17-20-10-12-21(13-11-20)33-25(26,27)28/h6-13,18-19,24H,5,14-17H2,1-4H3. The summed E-state index contributed by atoms with van der Waals surface area (Å²) in [6, 6.07) is 13.3. The molecule has 2 aromatic carbocycles. The van der Waals surface area contributed by atoms with Crippen molar-refractivity contribution >= 4 is 21.8 Å². The number of hydrogen-bond acceptors (Lipinski definition) is 5. The van der Waals surface area contributed by atoms with Crippen LogP contribution in [0.3, 0.4) is 0 Å². The van der Waals surface area contributed by atoms with Crippen molar-refractivity contribution in [1.29, 1.82) is 0 Å². The Morgan fingerprint density at radius 2 is 1.74 bits per heavy atom. The first-order valence-corrected chi connectivity index (χ1v) is 14.2. The van der Waals surface area contributed by atoms with Gasteiger partial charge in [-0.25, -0.2) is 8.42 Å². The van der Waals surface area contributed by atoms with E-state index in [-0.39, 0.29) is 29.3 Å². The van der Waals surface area contributed by atoms with Crippen LogP contribution in [0.4, 0.5) is 13.2 Å². The van der Waals surface area contributed by atoms with Crippen LogP contribution in [-0.4, -0.2) is 54.7 Å². The third-order valence-electron chi connectivity index (χ3n) is 5.96. The Balaban J connectivity index is 1.85. The van der Waals surface area contributed by atoms with Crippen LogP contribution in [0.25, 0.3) is 0 Å². The molecule has 0 bridgehead atoms. The van der Waals surface area contributed by atoms with Gasteiger partial charge in [-0.05, 0) is 41.8 Å². The van der Waals surface area contributed by atoms with Crippen LogP contribution < -0.4 is 4.74 Å². The fourth-order valence-electron chi connectivity index (χ4n) is 4.24. The van der Waals surface area contributed by atoms with E-state index >= 15 is 0 Å². The molecule has 2 aromatic rings. The Morgan fingerprint density at radius 1 is 1.09 bits per heavy atom. The molecule has 1 aliphatic rings. The second kappa shape index (κ2) is 11.5. The van der Waals surface area contributed by atoms with E-state index in [2.05, 4.69) is 23.5 Å². The molecule has 0 saturated heterocycles. The van der Waals surface area contributed by atoms with Gasteiger partial charge in [-0.3, -0.25) is 0 Å². The molecule has 194 valence electrons. The largest absolute Gasteiger partial charge is 0.573 e. The van der Waals surface area contributed by atoms with Crippen molar-refractivity contribution in [3.63, 3.8) is 0 Å². The molecule has 1 aliphatic heterocycles. The summed E-state index contributed by atoms with van der Waals surface area (Å²) in [5, 5.41) is -0.344. The molecule has 0 aliphatic carbocycles. The van der Waals surface area contributed by atoms with E-state index < -0.39 is 16.4 Å². The molecular formula is C25H33F3N2O3S2. The number of thioether (sulfide) groups is 1.